The van der Waals surface area contributed by atoms with Crippen LogP contribution in [-0.4, -0.2) is 43.1 Å². The van der Waals surface area contributed by atoms with Crippen molar-refractivity contribution in [2.45, 2.75) is 26.3 Å². The number of rotatable bonds is 8. The number of thioether (sulfide) groups is 1. The van der Waals surface area contributed by atoms with Crippen LogP contribution in [0.5, 0.6) is 0 Å². The number of carbonyl (C=O) groups excluding carboxylic acids is 2. The fourth-order valence-corrected chi connectivity index (χ4v) is 3.28. The van der Waals surface area contributed by atoms with E-state index in [1.165, 1.54) is 43.3 Å². The predicted molar refractivity (Wildman–Crippen MR) is 92.7 cm³/mol. The molecule has 2 rings (SSSR count). The number of amides is 1. The molecule has 0 spiro atoms. The molecule has 1 amide bonds. The fraction of sp³-hybridized carbons (Fsp3) is 0.529. The highest BCUT2D eigenvalue weighted by Gasteiger charge is 2.15. The Morgan fingerprint density at radius 1 is 1.17 bits per heavy atom. The van der Waals surface area contributed by atoms with E-state index in [2.05, 4.69) is 17.4 Å². The molecule has 0 atom stereocenters. The second-order valence-corrected chi connectivity index (χ2v) is 6.66. The summed E-state index contributed by atoms with van der Waals surface area (Å²) in [6, 6.07) is 8.04. The summed E-state index contributed by atoms with van der Waals surface area (Å²) in [5, 5.41) is 2.85. The van der Waals surface area contributed by atoms with E-state index >= 15 is 0 Å². The number of likely N-dealkylation sites (tertiary alicyclic amines) is 1. The Hall–Kier alpha value is -1.53. The lowest BCUT2D eigenvalue weighted by atomic mass is 10.2. The van der Waals surface area contributed by atoms with Crippen LogP contribution in [0.25, 0.3) is 0 Å². The van der Waals surface area contributed by atoms with Crippen molar-refractivity contribution in [1.82, 2.24) is 0 Å². The minimum Gasteiger partial charge on any atom is -0.465 e. The van der Waals surface area contributed by atoms with Gasteiger partial charge in [0, 0.05) is 24.1 Å². The van der Waals surface area contributed by atoms with Crippen LogP contribution in [0.2, 0.25) is 0 Å². The molecule has 1 aliphatic heterocycles. The molecule has 126 valence electrons. The van der Waals surface area contributed by atoms with E-state index in [0.717, 1.165) is 12.2 Å². The molecular formula is C17H25N2O3S+. The number of anilines is 1. The molecule has 0 bridgehead atoms. The largest absolute Gasteiger partial charge is 0.465 e. The van der Waals surface area contributed by atoms with Crippen molar-refractivity contribution in [3.8, 4) is 0 Å². The number of quaternary nitrogens is 1. The molecule has 23 heavy (non-hydrogen) atoms. The lowest BCUT2D eigenvalue weighted by Gasteiger charge is -2.12. The van der Waals surface area contributed by atoms with Gasteiger partial charge in [-0.3, -0.25) is 9.59 Å². The van der Waals surface area contributed by atoms with Crippen molar-refractivity contribution in [1.29, 1.82) is 0 Å². The standard InChI is InChI=1S/C17H24N2O3S/c1-2-22-17(21)13-23-12-16(20)18-15-7-5-14(6-8-15)11-19-9-3-4-10-19/h5-8H,2-4,9-13H2,1H3,(H,18,20)/p+1. The Morgan fingerprint density at radius 3 is 2.52 bits per heavy atom. The van der Waals surface area contributed by atoms with Crippen molar-refractivity contribution in [3.63, 3.8) is 0 Å². The second kappa shape index (κ2) is 9.57. The summed E-state index contributed by atoms with van der Waals surface area (Å²) >= 11 is 1.26. The first-order chi connectivity index (χ1) is 11.2. The second-order valence-electron chi connectivity index (χ2n) is 5.68. The molecule has 1 aliphatic rings. The molecule has 2 N–H and O–H groups in total. The Bertz CT molecular complexity index is 513. The first-order valence-electron chi connectivity index (χ1n) is 8.13. The first-order valence-corrected chi connectivity index (χ1v) is 9.28. The minimum atomic E-state index is -0.279. The maximum absolute atomic E-state index is 11.8. The van der Waals surface area contributed by atoms with Crippen molar-refractivity contribution < 1.29 is 19.2 Å². The van der Waals surface area contributed by atoms with E-state index in [9.17, 15) is 9.59 Å². The third kappa shape index (κ3) is 6.62. The van der Waals surface area contributed by atoms with E-state index in [1.807, 2.05) is 12.1 Å². The van der Waals surface area contributed by atoms with Crippen LogP contribution in [0, 0.1) is 0 Å². The Morgan fingerprint density at radius 2 is 1.87 bits per heavy atom. The quantitative estimate of drug-likeness (QED) is 0.698. The molecule has 0 aliphatic carbocycles. The van der Waals surface area contributed by atoms with Gasteiger partial charge in [-0.1, -0.05) is 12.1 Å². The van der Waals surface area contributed by atoms with Crippen molar-refractivity contribution in [2.75, 3.05) is 36.5 Å². The monoisotopic (exact) mass is 337 g/mol. The summed E-state index contributed by atoms with van der Waals surface area (Å²) < 4.78 is 4.82. The topological polar surface area (TPSA) is 59.8 Å². The number of hydrogen-bond acceptors (Lipinski definition) is 4. The Kier molecular flexibility index (Phi) is 7.42. The number of nitrogens with one attached hydrogen (secondary N) is 2. The van der Waals surface area contributed by atoms with Crippen molar-refractivity contribution in [2.24, 2.45) is 0 Å². The summed E-state index contributed by atoms with van der Waals surface area (Å²) in [5.41, 5.74) is 2.10. The van der Waals surface area contributed by atoms with Gasteiger partial charge in [0.15, 0.2) is 0 Å². The molecule has 0 unspecified atom stereocenters. The zero-order chi connectivity index (χ0) is 16.5. The molecule has 1 fully saturated rings. The highest BCUT2D eigenvalue weighted by atomic mass is 32.2. The van der Waals surface area contributed by atoms with Gasteiger partial charge in [0.1, 0.15) is 6.54 Å². The molecule has 0 radical (unpaired) electrons. The van der Waals surface area contributed by atoms with Crippen LogP contribution < -0.4 is 10.2 Å². The third-order valence-corrected chi connectivity index (χ3v) is 4.67. The van der Waals surface area contributed by atoms with Gasteiger partial charge in [0.25, 0.3) is 0 Å². The molecular weight excluding hydrogens is 312 g/mol. The summed E-state index contributed by atoms with van der Waals surface area (Å²) in [7, 11) is 0. The summed E-state index contributed by atoms with van der Waals surface area (Å²) in [4.78, 5) is 24.6. The maximum Gasteiger partial charge on any atom is 0.315 e. The van der Waals surface area contributed by atoms with Gasteiger partial charge >= 0.3 is 5.97 Å². The smallest absolute Gasteiger partial charge is 0.315 e. The van der Waals surface area contributed by atoms with Crippen molar-refractivity contribution >= 4 is 29.3 Å². The fourth-order valence-electron chi connectivity index (χ4n) is 2.67. The predicted octanol–water partition coefficient (Wildman–Crippen LogP) is 1.10. The lowest BCUT2D eigenvalue weighted by molar-refractivity contribution is -0.901. The van der Waals surface area contributed by atoms with Crippen LogP contribution in [0.4, 0.5) is 5.69 Å². The molecule has 1 saturated heterocycles. The molecule has 1 aromatic rings. The van der Waals surface area contributed by atoms with Crippen LogP contribution in [0.1, 0.15) is 25.3 Å². The molecule has 6 heteroatoms. The number of carbonyl (C=O) groups is 2. The van der Waals surface area contributed by atoms with Crippen LogP contribution in [-0.2, 0) is 20.9 Å². The zero-order valence-electron chi connectivity index (χ0n) is 13.6. The normalized spacial score (nSPS) is 14.7. The average Bonchev–Trinajstić information content (AvgIpc) is 3.02. The number of hydrogen-bond donors (Lipinski definition) is 2. The maximum atomic E-state index is 11.8. The van der Waals surface area contributed by atoms with Crippen LogP contribution >= 0.6 is 11.8 Å². The van der Waals surface area contributed by atoms with E-state index in [0.29, 0.717) is 6.61 Å². The minimum absolute atomic E-state index is 0.0998. The van der Waals surface area contributed by atoms with E-state index in [4.69, 9.17) is 4.74 Å². The molecule has 0 aromatic heterocycles. The SMILES string of the molecule is CCOC(=O)CSCC(=O)Nc1ccc(C[NH+]2CCCC2)cc1. The molecule has 0 saturated carbocycles. The number of benzene rings is 1. The average molecular weight is 337 g/mol. The van der Waals surface area contributed by atoms with Gasteiger partial charge in [0.05, 0.1) is 31.2 Å². The highest BCUT2D eigenvalue weighted by molar-refractivity contribution is 8.00. The van der Waals surface area contributed by atoms with Gasteiger partial charge in [-0.05, 0) is 19.1 Å². The summed E-state index contributed by atoms with van der Waals surface area (Å²) in [6.07, 6.45) is 2.65. The number of ether oxygens (including phenoxy) is 1. The van der Waals surface area contributed by atoms with E-state index in [-0.39, 0.29) is 23.4 Å². The Labute approximate surface area is 141 Å². The lowest BCUT2D eigenvalue weighted by Crippen LogP contribution is -3.08. The first kappa shape index (κ1) is 17.8. The van der Waals surface area contributed by atoms with E-state index < -0.39 is 0 Å². The number of esters is 1. The van der Waals surface area contributed by atoms with Gasteiger partial charge in [-0.2, -0.15) is 0 Å². The summed E-state index contributed by atoms with van der Waals surface area (Å²) in [6.45, 7) is 5.72. The third-order valence-electron chi connectivity index (χ3n) is 3.76. The van der Waals surface area contributed by atoms with E-state index in [1.54, 1.807) is 11.8 Å². The van der Waals surface area contributed by atoms with Gasteiger partial charge < -0.3 is 15.0 Å². The van der Waals surface area contributed by atoms with Crippen molar-refractivity contribution in [3.05, 3.63) is 29.8 Å². The van der Waals surface area contributed by atoms with Crippen LogP contribution in [0.3, 0.4) is 0 Å². The molecule has 5 nitrogen and oxygen atoms in total. The molecule has 1 aromatic carbocycles. The zero-order valence-corrected chi connectivity index (χ0v) is 14.4. The van der Waals surface area contributed by atoms with Gasteiger partial charge in [0.2, 0.25) is 5.91 Å². The Balaban J connectivity index is 1.70. The van der Waals surface area contributed by atoms with Gasteiger partial charge in [-0.25, -0.2) is 0 Å². The van der Waals surface area contributed by atoms with Crippen LogP contribution in [0.15, 0.2) is 24.3 Å². The highest BCUT2D eigenvalue weighted by Crippen LogP contribution is 2.10. The molecule has 1 heterocycles. The summed E-state index contributed by atoms with van der Waals surface area (Å²) in [5.74, 6) is 0.0772. The van der Waals surface area contributed by atoms with Gasteiger partial charge in [-0.15, -0.1) is 11.8 Å².